The van der Waals surface area contributed by atoms with Crippen LogP contribution in [-0.2, 0) is 41.7 Å². The van der Waals surface area contributed by atoms with Gasteiger partial charge in [0.05, 0.1) is 6.04 Å². The number of alkyl carbamates (subject to hydrolysis) is 1. The third-order valence-corrected chi connectivity index (χ3v) is 10.7. The van der Waals surface area contributed by atoms with Crippen LogP contribution in [0.15, 0.2) is 66.7 Å². The number of fused-ring (bicyclic) bond motifs is 1. The molecule has 0 radical (unpaired) electrons. The highest BCUT2D eigenvalue weighted by Gasteiger charge is 2.37. The van der Waals surface area contributed by atoms with E-state index in [9.17, 15) is 28.8 Å². The molecule has 4 atom stereocenters. The molecule has 3 aromatic carbocycles. The van der Waals surface area contributed by atoms with Crippen LogP contribution in [0.2, 0.25) is 0 Å². The van der Waals surface area contributed by atoms with E-state index < -0.39 is 59.2 Å². The molecule has 0 bridgehead atoms. The lowest BCUT2D eigenvalue weighted by atomic mass is 9.94. The van der Waals surface area contributed by atoms with Gasteiger partial charge in [-0.15, -0.1) is 0 Å². The Balaban J connectivity index is 1.28. The van der Waals surface area contributed by atoms with E-state index in [-0.39, 0.29) is 37.7 Å². The van der Waals surface area contributed by atoms with Crippen molar-refractivity contribution >= 4 is 46.3 Å². The van der Waals surface area contributed by atoms with Gasteiger partial charge in [0.15, 0.2) is 0 Å². The molecule has 3 aromatic rings. The fraction of sp³-hybridized carbons (Fsp3) is 0.522. The van der Waals surface area contributed by atoms with Crippen LogP contribution in [0.3, 0.4) is 0 Å². The molecule has 2 heterocycles. The molecule has 2 saturated heterocycles. The fourth-order valence-corrected chi connectivity index (χ4v) is 7.58. The van der Waals surface area contributed by atoms with E-state index in [2.05, 4.69) is 31.5 Å². The topological polar surface area (TPSA) is 184 Å². The molecule has 0 aliphatic carbocycles. The van der Waals surface area contributed by atoms with E-state index in [0.717, 1.165) is 47.3 Å². The van der Waals surface area contributed by atoms with Crippen LogP contribution in [0.5, 0.6) is 5.75 Å². The molecular weight excluding hydrogens is 765 g/mol. The van der Waals surface area contributed by atoms with Gasteiger partial charge in [0.25, 0.3) is 5.91 Å². The standard InChI is InChI=1S/C46H62N6O8/c1-30(2)26-38(42(55)48-37(28-34-20-21-47-41(34)54)40(53)44(57)51-46(3,4)5)49-43(56)39(27-33-14-11-13-32-12-7-8-15-36(32)33)50-45(58)60-29-31-16-18-35(19-17-31)59-25-24-52-22-9-6-10-23-52/h7-8,11-19,30,34,37-39H,6,9-10,20-29H2,1-5H3,(H,47,54)(H,48,55)(H,49,56)(H,50,58)(H,51,57)/t34-,37?,38?,39?/m0/s1. The molecule has 5 N–H and O–H groups in total. The van der Waals surface area contributed by atoms with Crippen LogP contribution in [0, 0.1) is 11.8 Å². The number of carbonyl (C=O) groups is 6. The predicted octanol–water partition coefficient (Wildman–Crippen LogP) is 4.57. The van der Waals surface area contributed by atoms with E-state index >= 15 is 0 Å². The summed E-state index contributed by atoms with van der Waals surface area (Å²) in [7, 11) is 0. The number of benzene rings is 3. The Morgan fingerprint density at radius 1 is 0.833 bits per heavy atom. The van der Waals surface area contributed by atoms with Gasteiger partial charge >= 0.3 is 6.09 Å². The number of hydrogen-bond donors (Lipinski definition) is 5. The third kappa shape index (κ3) is 14.1. The molecule has 5 amide bonds. The molecule has 2 fully saturated rings. The minimum absolute atomic E-state index is 0.0574. The Labute approximate surface area is 353 Å². The van der Waals surface area contributed by atoms with Crippen LogP contribution in [0.4, 0.5) is 4.79 Å². The van der Waals surface area contributed by atoms with Crippen LogP contribution in [-0.4, -0.2) is 96.9 Å². The van der Waals surface area contributed by atoms with Crippen molar-refractivity contribution in [1.29, 1.82) is 0 Å². The number of likely N-dealkylation sites (tertiary alicyclic amines) is 1. The molecule has 14 heteroatoms. The number of carbonyl (C=O) groups excluding carboxylic acids is 6. The van der Waals surface area contributed by atoms with E-state index in [4.69, 9.17) is 9.47 Å². The number of amides is 5. The quantitative estimate of drug-likeness (QED) is 0.108. The second-order valence-electron chi connectivity index (χ2n) is 17.3. The second kappa shape index (κ2) is 21.7. The van der Waals surface area contributed by atoms with Crippen molar-refractivity contribution in [2.24, 2.45) is 11.8 Å². The van der Waals surface area contributed by atoms with Crippen molar-refractivity contribution in [2.75, 3.05) is 32.8 Å². The van der Waals surface area contributed by atoms with Crippen molar-refractivity contribution < 1.29 is 38.2 Å². The Morgan fingerprint density at radius 2 is 1.52 bits per heavy atom. The first-order valence-corrected chi connectivity index (χ1v) is 21.2. The molecule has 0 spiro atoms. The largest absolute Gasteiger partial charge is 0.492 e. The Kier molecular flexibility index (Phi) is 16.5. The third-order valence-electron chi connectivity index (χ3n) is 10.7. The minimum atomic E-state index is -1.32. The van der Waals surface area contributed by atoms with Crippen molar-refractivity contribution in [3.8, 4) is 5.75 Å². The van der Waals surface area contributed by atoms with E-state index in [1.54, 1.807) is 20.8 Å². The molecule has 324 valence electrons. The van der Waals surface area contributed by atoms with Gasteiger partial charge in [-0.25, -0.2) is 4.79 Å². The number of piperidine rings is 1. The number of nitrogens with one attached hydrogen (secondary N) is 5. The number of nitrogens with zero attached hydrogens (tertiary/aromatic N) is 1. The summed E-state index contributed by atoms with van der Waals surface area (Å²) in [6, 6.07) is 17.1. The Bertz CT molecular complexity index is 1950. The molecule has 60 heavy (non-hydrogen) atoms. The maximum atomic E-state index is 14.3. The van der Waals surface area contributed by atoms with Crippen molar-refractivity contribution in [3.63, 3.8) is 0 Å². The summed E-state index contributed by atoms with van der Waals surface area (Å²) in [4.78, 5) is 83.2. The summed E-state index contributed by atoms with van der Waals surface area (Å²) in [6.07, 6.45) is 3.52. The van der Waals surface area contributed by atoms with Gasteiger partial charge in [0.1, 0.15) is 31.0 Å². The van der Waals surface area contributed by atoms with Gasteiger partial charge in [-0.2, -0.15) is 0 Å². The molecule has 0 aromatic heterocycles. The second-order valence-corrected chi connectivity index (χ2v) is 17.3. The van der Waals surface area contributed by atoms with Gasteiger partial charge in [-0.05, 0) is 106 Å². The lowest BCUT2D eigenvalue weighted by molar-refractivity contribution is -0.142. The Hall–Kier alpha value is -5.50. The predicted molar refractivity (Wildman–Crippen MR) is 229 cm³/mol. The number of rotatable bonds is 19. The molecule has 2 aliphatic heterocycles. The highest BCUT2D eigenvalue weighted by molar-refractivity contribution is 6.38. The van der Waals surface area contributed by atoms with Gasteiger partial charge < -0.3 is 36.1 Å². The highest BCUT2D eigenvalue weighted by Crippen LogP contribution is 2.22. The lowest BCUT2D eigenvalue weighted by Gasteiger charge is -2.27. The molecule has 2 aliphatic rings. The van der Waals surface area contributed by atoms with Gasteiger partial charge in [-0.3, -0.25) is 28.9 Å². The summed E-state index contributed by atoms with van der Waals surface area (Å²) < 4.78 is 11.5. The summed E-state index contributed by atoms with van der Waals surface area (Å²) in [6.45, 7) is 13.0. The zero-order valence-electron chi connectivity index (χ0n) is 35.6. The molecule has 3 unspecified atom stereocenters. The zero-order valence-corrected chi connectivity index (χ0v) is 35.6. The summed E-state index contributed by atoms with van der Waals surface area (Å²) in [5.74, 6) is -3.31. The highest BCUT2D eigenvalue weighted by atomic mass is 16.5. The molecular formula is C46H62N6O8. The van der Waals surface area contributed by atoms with Gasteiger partial charge in [0.2, 0.25) is 23.5 Å². The normalized spacial score (nSPS) is 17.2. The minimum Gasteiger partial charge on any atom is -0.492 e. The smallest absolute Gasteiger partial charge is 0.408 e. The number of ether oxygens (including phenoxy) is 2. The van der Waals surface area contributed by atoms with Gasteiger partial charge in [0, 0.05) is 31.0 Å². The summed E-state index contributed by atoms with van der Waals surface area (Å²) >= 11 is 0. The van der Waals surface area contributed by atoms with E-state index in [0.29, 0.717) is 19.6 Å². The number of ketones is 1. The van der Waals surface area contributed by atoms with Crippen LogP contribution in [0.1, 0.15) is 84.3 Å². The maximum absolute atomic E-state index is 14.3. The maximum Gasteiger partial charge on any atom is 0.408 e. The SMILES string of the molecule is CC(C)CC(NC(=O)C(Cc1cccc2ccccc12)NC(=O)OCc1ccc(OCCN2CCCCC2)cc1)C(=O)NC(C[C@@H]1CCNC1=O)C(=O)C(=O)NC(C)(C)C. The van der Waals surface area contributed by atoms with Crippen molar-refractivity contribution in [2.45, 2.75) is 110 Å². The number of hydrogen-bond acceptors (Lipinski definition) is 9. The average Bonchev–Trinajstić information content (AvgIpc) is 3.62. The zero-order chi connectivity index (χ0) is 43.2. The van der Waals surface area contributed by atoms with Gasteiger partial charge in [-0.1, -0.05) is 74.9 Å². The Morgan fingerprint density at radius 3 is 2.20 bits per heavy atom. The molecule has 0 saturated carbocycles. The van der Waals surface area contributed by atoms with E-state index in [1.165, 1.54) is 19.3 Å². The number of Topliss-reactive ketones (excluding diaryl/α,β-unsaturated/α-hetero) is 1. The summed E-state index contributed by atoms with van der Waals surface area (Å²) in [5, 5.41) is 15.5. The monoisotopic (exact) mass is 826 g/mol. The lowest BCUT2D eigenvalue weighted by Crippen LogP contribution is -2.58. The molecule has 5 rings (SSSR count). The average molecular weight is 827 g/mol. The van der Waals surface area contributed by atoms with E-state index in [1.807, 2.05) is 80.6 Å². The van der Waals surface area contributed by atoms with Crippen LogP contribution in [0.25, 0.3) is 10.8 Å². The summed E-state index contributed by atoms with van der Waals surface area (Å²) in [5.41, 5.74) is 0.798. The van der Waals surface area contributed by atoms with Crippen LogP contribution < -0.4 is 31.3 Å². The van der Waals surface area contributed by atoms with Crippen molar-refractivity contribution in [3.05, 3.63) is 77.9 Å². The molecule has 14 nitrogen and oxygen atoms in total. The first kappa shape index (κ1) is 45.6. The fourth-order valence-electron chi connectivity index (χ4n) is 7.58. The first-order valence-electron chi connectivity index (χ1n) is 21.2. The van der Waals surface area contributed by atoms with Crippen molar-refractivity contribution in [1.82, 2.24) is 31.5 Å². The van der Waals surface area contributed by atoms with Crippen LogP contribution >= 0.6 is 0 Å². The first-order chi connectivity index (χ1) is 28.6.